The Kier molecular flexibility index (Phi) is 6.48. The molecule has 1 fully saturated rings. The van der Waals surface area contributed by atoms with E-state index in [1.807, 2.05) is 0 Å². The van der Waals surface area contributed by atoms with Gasteiger partial charge in [0.15, 0.2) is 0 Å². The van der Waals surface area contributed by atoms with E-state index in [-0.39, 0.29) is 24.1 Å². The summed E-state index contributed by atoms with van der Waals surface area (Å²) in [5.74, 6) is 0.287. The lowest BCUT2D eigenvalue weighted by atomic mass is 9.84. The molecule has 1 amide bonds. The molecule has 0 radical (unpaired) electrons. The van der Waals surface area contributed by atoms with Crippen LogP contribution in [0.15, 0.2) is 18.2 Å². The normalized spacial score (nSPS) is 15.0. The molecule has 0 N–H and O–H groups in total. The average molecular weight is 376 g/mol. The Morgan fingerprint density at radius 2 is 2.08 bits per heavy atom. The van der Waals surface area contributed by atoms with Gasteiger partial charge in [0, 0.05) is 36.7 Å². The molecule has 0 aromatic heterocycles. The number of halogens is 1. The molecular weight excluding hydrogens is 354 g/mol. The molecule has 0 saturated heterocycles. The van der Waals surface area contributed by atoms with Crippen molar-refractivity contribution in [2.24, 2.45) is 5.92 Å². The van der Waals surface area contributed by atoms with Crippen molar-refractivity contribution in [2.75, 3.05) is 26.5 Å². The minimum absolute atomic E-state index is 0.0420. The summed E-state index contributed by atoms with van der Waals surface area (Å²) in [7, 11) is -2.09. The molecule has 1 aliphatic carbocycles. The van der Waals surface area contributed by atoms with Crippen LogP contribution in [0, 0.1) is 5.92 Å². The third-order valence-electron chi connectivity index (χ3n) is 3.96. The number of hydrogen-bond acceptors (Lipinski definition) is 5. The lowest BCUT2D eigenvalue weighted by Crippen LogP contribution is -2.40. The SMILES string of the molecule is COCCN(Cc1cc(Cl)ccc1OS(C)(=O)=O)C(=O)C1CCC1. The molecule has 24 heavy (non-hydrogen) atoms. The smallest absolute Gasteiger partial charge is 0.306 e. The zero-order chi connectivity index (χ0) is 17.7. The van der Waals surface area contributed by atoms with Crippen molar-refractivity contribution in [3.63, 3.8) is 0 Å². The fraction of sp³-hybridized carbons (Fsp3) is 0.562. The Morgan fingerprint density at radius 3 is 2.62 bits per heavy atom. The van der Waals surface area contributed by atoms with Crippen molar-refractivity contribution in [1.29, 1.82) is 0 Å². The summed E-state index contributed by atoms with van der Waals surface area (Å²) in [6, 6.07) is 4.68. The molecule has 0 bridgehead atoms. The molecule has 1 aromatic rings. The van der Waals surface area contributed by atoms with E-state index in [1.54, 1.807) is 24.1 Å². The van der Waals surface area contributed by atoms with Gasteiger partial charge in [-0.25, -0.2) is 0 Å². The summed E-state index contributed by atoms with van der Waals surface area (Å²) in [4.78, 5) is 14.3. The lowest BCUT2D eigenvalue weighted by molar-refractivity contribution is -0.139. The molecule has 0 aliphatic heterocycles. The zero-order valence-electron chi connectivity index (χ0n) is 13.8. The lowest BCUT2D eigenvalue weighted by Gasteiger charge is -2.32. The third-order valence-corrected chi connectivity index (χ3v) is 4.67. The molecule has 0 spiro atoms. The second kappa shape index (κ2) is 8.18. The number of carbonyl (C=O) groups excluding carboxylic acids is 1. The predicted molar refractivity (Wildman–Crippen MR) is 91.6 cm³/mol. The maximum Gasteiger partial charge on any atom is 0.306 e. The largest absolute Gasteiger partial charge is 0.383 e. The van der Waals surface area contributed by atoms with E-state index in [2.05, 4.69) is 0 Å². The molecule has 0 heterocycles. The van der Waals surface area contributed by atoms with Crippen LogP contribution >= 0.6 is 11.6 Å². The molecule has 0 atom stereocenters. The van der Waals surface area contributed by atoms with E-state index < -0.39 is 10.1 Å². The summed E-state index contributed by atoms with van der Waals surface area (Å²) in [6.45, 7) is 1.06. The first-order valence-electron chi connectivity index (χ1n) is 7.76. The van der Waals surface area contributed by atoms with Gasteiger partial charge in [0.1, 0.15) is 5.75 Å². The Bertz CT molecular complexity index is 688. The molecule has 1 aliphatic rings. The maximum absolute atomic E-state index is 12.6. The fourth-order valence-electron chi connectivity index (χ4n) is 2.50. The van der Waals surface area contributed by atoms with Crippen LogP contribution in [-0.4, -0.2) is 45.7 Å². The Balaban J connectivity index is 2.23. The topological polar surface area (TPSA) is 72.9 Å². The first kappa shape index (κ1) is 19.0. The van der Waals surface area contributed by atoms with Crippen LogP contribution < -0.4 is 4.18 Å². The highest BCUT2D eigenvalue weighted by atomic mass is 35.5. The van der Waals surface area contributed by atoms with Gasteiger partial charge in [0.2, 0.25) is 5.91 Å². The van der Waals surface area contributed by atoms with E-state index in [0.29, 0.717) is 23.7 Å². The van der Waals surface area contributed by atoms with Crippen molar-refractivity contribution >= 4 is 27.6 Å². The maximum atomic E-state index is 12.6. The van der Waals surface area contributed by atoms with Gasteiger partial charge in [0.25, 0.3) is 0 Å². The molecular formula is C16H22ClNO5S. The van der Waals surface area contributed by atoms with Crippen molar-refractivity contribution < 1.29 is 22.1 Å². The van der Waals surface area contributed by atoms with Gasteiger partial charge >= 0.3 is 10.1 Å². The van der Waals surface area contributed by atoms with Crippen LogP contribution in [0.1, 0.15) is 24.8 Å². The Hall–Kier alpha value is -1.31. The van der Waals surface area contributed by atoms with Crippen LogP contribution in [0.5, 0.6) is 5.75 Å². The number of benzene rings is 1. The highest BCUT2D eigenvalue weighted by Crippen LogP contribution is 2.30. The van der Waals surface area contributed by atoms with Gasteiger partial charge in [-0.2, -0.15) is 8.42 Å². The van der Waals surface area contributed by atoms with E-state index in [9.17, 15) is 13.2 Å². The number of carbonyl (C=O) groups is 1. The summed E-state index contributed by atoms with van der Waals surface area (Å²) in [5.41, 5.74) is 0.553. The average Bonchev–Trinajstić information content (AvgIpc) is 2.42. The van der Waals surface area contributed by atoms with Crippen LogP contribution in [0.25, 0.3) is 0 Å². The Labute approximate surface area is 147 Å². The minimum atomic E-state index is -3.67. The second-order valence-electron chi connectivity index (χ2n) is 5.92. The van der Waals surface area contributed by atoms with Crippen molar-refractivity contribution in [3.05, 3.63) is 28.8 Å². The number of rotatable bonds is 8. The second-order valence-corrected chi connectivity index (χ2v) is 7.93. The quantitative estimate of drug-likeness (QED) is 0.652. The molecule has 134 valence electrons. The summed E-state index contributed by atoms with van der Waals surface area (Å²) in [6.07, 6.45) is 3.83. The minimum Gasteiger partial charge on any atom is -0.383 e. The summed E-state index contributed by atoms with van der Waals surface area (Å²) >= 11 is 6.02. The van der Waals surface area contributed by atoms with E-state index in [1.165, 1.54) is 6.07 Å². The van der Waals surface area contributed by atoms with Crippen molar-refractivity contribution in [1.82, 2.24) is 4.90 Å². The standard InChI is InChI=1S/C16H22ClNO5S/c1-22-9-8-18(16(19)12-4-3-5-12)11-13-10-14(17)6-7-15(13)23-24(2,20)21/h6-7,10,12H,3-5,8-9,11H2,1-2H3. The van der Waals surface area contributed by atoms with Crippen molar-refractivity contribution in [2.45, 2.75) is 25.8 Å². The van der Waals surface area contributed by atoms with Gasteiger partial charge in [-0.05, 0) is 31.0 Å². The third kappa shape index (κ3) is 5.36. The summed E-state index contributed by atoms with van der Waals surface area (Å²) < 4.78 is 33.0. The van der Waals surface area contributed by atoms with Gasteiger partial charge in [-0.15, -0.1) is 0 Å². The van der Waals surface area contributed by atoms with Crippen molar-refractivity contribution in [3.8, 4) is 5.75 Å². The number of amides is 1. The van der Waals surface area contributed by atoms with Crippen LogP contribution in [0.3, 0.4) is 0 Å². The molecule has 1 saturated carbocycles. The number of nitrogens with zero attached hydrogens (tertiary/aromatic N) is 1. The van der Waals surface area contributed by atoms with Crippen LogP contribution in [0.2, 0.25) is 5.02 Å². The number of ether oxygens (including phenoxy) is 1. The Morgan fingerprint density at radius 1 is 1.38 bits per heavy atom. The zero-order valence-corrected chi connectivity index (χ0v) is 15.4. The van der Waals surface area contributed by atoms with E-state index in [4.69, 9.17) is 20.5 Å². The molecule has 1 aromatic carbocycles. The van der Waals surface area contributed by atoms with E-state index >= 15 is 0 Å². The first-order valence-corrected chi connectivity index (χ1v) is 9.95. The highest BCUT2D eigenvalue weighted by Gasteiger charge is 2.30. The number of methoxy groups -OCH3 is 1. The molecule has 6 nitrogen and oxygen atoms in total. The van der Waals surface area contributed by atoms with Crippen LogP contribution in [0.4, 0.5) is 0 Å². The predicted octanol–water partition coefficient (Wildman–Crippen LogP) is 2.45. The molecule has 2 rings (SSSR count). The van der Waals surface area contributed by atoms with Crippen LogP contribution in [-0.2, 0) is 26.2 Å². The van der Waals surface area contributed by atoms with Gasteiger partial charge in [0.05, 0.1) is 12.9 Å². The monoisotopic (exact) mass is 375 g/mol. The fourth-order valence-corrected chi connectivity index (χ4v) is 3.19. The van der Waals surface area contributed by atoms with Gasteiger partial charge < -0.3 is 13.8 Å². The first-order chi connectivity index (χ1) is 11.3. The molecule has 8 heteroatoms. The highest BCUT2D eigenvalue weighted by molar-refractivity contribution is 7.86. The van der Waals surface area contributed by atoms with Gasteiger partial charge in [-0.1, -0.05) is 18.0 Å². The van der Waals surface area contributed by atoms with Gasteiger partial charge in [-0.3, -0.25) is 4.79 Å². The summed E-state index contributed by atoms with van der Waals surface area (Å²) in [5, 5.41) is 0.452. The molecule has 0 unspecified atom stereocenters. The number of hydrogen-bond donors (Lipinski definition) is 0. The van der Waals surface area contributed by atoms with E-state index in [0.717, 1.165) is 25.5 Å².